The average molecular weight is 237 g/mol. The molecule has 84 valence electrons. The van der Waals surface area contributed by atoms with Crippen LogP contribution in [0.25, 0.3) is 5.82 Å². The van der Waals surface area contributed by atoms with Gasteiger partial charge in [0.1, 0.15) is 12.1 Å². The minimum atomic E-state index is 0.333. The number of aromatic nitrogens is 3. The Morgan fingerprint density at radius 2 is 2.12 bits per heavy atom. The van der Waals surface area contributed by atoms with Crippen LogP contribution in [0.1, 0.15) is 17.1 Å². The Labute approximate surface area is 99.1 Å². The van der Waals surface area contributed by atoms with Crippen molar-refractivity contribution in [3.63, 3.8) is 0 Å². The molecular weight excluding hydrogens is 224 g/mol. The molecule has 0 aliphatic rings. The number of pyridine rings is 1. The summed E-state index contributed by atoms with van der Waals surface area (Å²) >= 11 is 5.96. The fraction of sp³-hybridized carbons (Fsp3) is 0.273. The first-order valence-corrected chi connectivity index (χ1v) is 5.37. The highest BCUT2D eigenvalue weighted by Crippen LogP contribution is 2.17. The highest BCUT2D eigenvalue weighted by atomic mass is 35.5. The van der Waals surface area contributed by atoms with Gasteiger partial charge in [-0.25, -0.2) is 9.97 Å². The topological polar surface area (TPSA) is 56.7 Å². The van der Waals surface area contributed by atoms with Crippen LogP contribution in [-0.2, 0) is 6.54 Å². The fourth-order valence-corrected chi connectivity index (χ4v) is 1.66. The molecule has 0 aliphatic carbocycles. The molecule has 2 heterocycles. The highest BCUT2D eigenvalue weighted by molar-refractivity contribution is 6.31. The van der Waals surface area contributed by atoms with E-state index >= 15 is 0 Å². The van der Waals surface area contributed by atoms with Gasteiger partial charge in [0.25, 0.3) is 0 Å². The van der Waals surface area contributed by atoms with Gasteiger partial charge in [-0.2, -0.15) is 0 Å². The van der Waals surface area contributed by atoms with Gasteiger partial charge in [-0.3, -0.25) is 4.57 Å². The summed E-state index contributed by atoms with van der Waals surface area (Å²) in [6.07, 6.45) is 1.75. The van der Waals surface area contributed by atoms with Crippen LogP contribution in [-0.4, -0.2) is 14.5 Å². The molecule has 0 bridgehead atoms. The van der Waals surface area contributed by atoms with Crippen LogP contribution in [0, 0.1) is 13.8 Å². The van der Waals surface area contributed by atoms with Crippen molar-refractivity contribution in [3.05, 3.63) is 40.6 Å². The molecule has 2 N–H and O–H groups in total. The Balaban J connectivity index is 2.52. The van der Waals surface area contributed by atoms with Crippen molar-refractivity contribution in [3.8, 4) is 5.82 Å². The Morgan fingerprint density at radius 3 is 2.69 bits per heavy atom. The lowest BCUT2D eigenvalue weighted by Crippen LogP contribution is -2.05. The summed E-state index contributed by atoms with van der Waals surface area (Å²) < 4.78 is 1.92. The van der Waals surface area contributed by atoms with E-state index in [0.717, 1.165) is 17.2 Å². The predicted octanol–water partition coefficient (Wildman–Crippen LogP) is 2.00. The number of halogens is 1. The number of aryl methyl sites for hydroxylation is 1. The largest absolute Gasteiger partial charge is 0.325 e. The van der Waals surface area contributed by atoms with Crippen molar-refractivity contribution in [2.24, 2.45) is 5.73 Å². The summed E-state index contributed by atoms with van der Waals surface area (Å²) in [7, 11) is 0. The van der Waals surface area contributed by atoms with Crippen molar-refractivity contribution in [2.45, 2.75) is 20.4 Å². The van der Waals surface area contributed by atoms with Crippen molar-refractivity contribution < 1.29 is 0 Å². The molecule has 0 fully saturated rings. The summed E-state index contributed by atoms with van der Waals surface area (Å²) in [5.41, 5.74) is 8.33. The van der Waals surface area contributed by atoms with Gasteiger partial charge in [0.15, 0.2) is 0 Å². The zero-order valence-electron chi connectivity index (χ0n) is 9.24. The molecule has 4 nitrogen and oxygen atoms in total. The Kier molecular flexibility index (Phi) is 2.94. The second-order valence-corrected chi connectivity index (χ2v) is 3.99. The minimum absolute atomic E-state index is 0.333. The first-order valence-electron chi connectivity index (χ1n) is 5.00. The van der Waals surface area contributed by atoms with E-state index in [2.05, 4.69) is 9.97 Å². The molecule has 0 saturated heterocycles. The van der Waals surface area contributed by atoms with Gasteiger partial charge in [-0.15, -0.1) is 0 Å². The third-order valence-electron chi connectivity index (χ3n) is 2.60. The number of rotatable bonds is 2. The predicted molar refractivity (Wildman–Crippen MR) is 63.7 cm³/mol. The molecule has 2 aromatic rings. The van der Waals surface area contributed by atoms with E-state index in [4.69, 9.17) is 17.3 Å². The summed E-state index contributed by atoms with van der Waals surface area (Å²) in [6, 6.07) is 3.66. The smallest absolute Gasteiger partial charge is 0.138 e. The van der Waals surface area contributed by atoms with Gasteiger partial charge in [0, 0.05) is 12.2 Å². The lowest BCUT2D eigenvalue weighted by Gasteiger charge is -2.07. The third-order valence-corrected chi connectivity index (χ3v) is 2.94. The van der Waals surface area contributed by atoms with Gasteiger partial charge in [-0.05, 0) is 26.0 Å². The molecule has 0 aromatic carbocycles. The van der Waals surface area contributed by atoms with Crippen LogP contribution in [0.2, 0.25) is 5.02 Å². The molecule has 0 spiro atoms. The molecular formula is C11H13ClN4. The summed E-state index contributed by atoms with van der Waals surface area (Å²) in [5.74, 6) is 0.794. The molecule has 0 radical (unpaired) electrons. The van der Waals surface area contributed by atoms with E-state index in [1.807, 2.05) is 24.5 Å². The van der Waals surface area contributed by atoms with Crippen LogP contribution >= 0.6 is 11.6 Å². The highest BCUT2D eigenvalue weighted by Gasteiger charge is 2.07. The van der Waals surface area contributed by atoms with E-state index in [0.29, 0.717) is 17.3 Å². The first kappa shape index (κ1) is 11.1. The molecule has 5 heteroatoms. The zero-order chi connectivity index (χ0) is 11.7. The normalized spacial score (nSPS) is 10.8. The summed E-state index contributed by atoms with van der Waals surface area (Å²) in [5, 5.41) is 0.598. The number of imidazole rings is 1. The molecule has 0 aliphatic heterocycles. The van der Waals surface area contributed by atoms with E-state index in [-0.39, 0.29) is 0 Å². The van der Waals surface area contributed by atoms with Crippen molar-refractivity contribution >= 4 is 11.6 Å². The maximum atomic E-state index is 5.96. The van der Waals surface area contributed by atoms with E-state index in [9.17, 15) is 0 Å². The van der Waals surface area contributed by atoms with E-state index in [1.165, 1.54) is 0 Å². The molecule has 0 amide bonds. The number of hydrogen-bond acceptors (Lipinski definition) is 3. The van der Waals surface area contributed by atoms with Crippen molar-refractivity contribution in [2.75, 3.05) is 0 Å². The standard InChI is InChI=1S/C11H13ClN4/c1-7-8(2)16(6-14-7)11-4-3-9(12)10(5-13)15-11/h3-4,6H,5,13H2,1-2H3. The molecule has 0 atom stereocenters. The average Bonchev–Trinajstić information content (AvgIpc) is 2.61. The van der Waals surface area contributed by atoms with Crippen LogP contribution in [0.3, 0.4) is 0 Å². The van der Waals surface area contributed by atoms with Crippen molar-refractivity contribution in [1.29, 1.82) is 0 Å². The van der Waals surface area contributed by atoms with Crippen LogP contribution in [0.4, 0.5) is 0 Å². The van der Waals surface area contributed by atoms with Crippen LogP contribution in [0.5, 0.6) is 0 Å². The third kappa shape index (κ3) is 1.81. The second kappa shape index (κ2) is 4.23. The summed E-state index contributed by atoms with van der Waals surface area (Å²) in [4.78, 5) is 8.63. The van der Waals surface area contributed by atoms with Gasteiger partial charge < -0.3 is 5.73 Å². The number of hydrogen-bond donors (Lipinski definition) is 1. The van der Waals surface area contributed by atoms with E-state index < -0.39 is 0 Å². The van der Waals surface area contributed by atoms with Crippen LogP contribution in [0.15, 0.2) is 18.5 Å². The van der Waals surface area contributed by atoms with Crippen molar-refractivity contribution in [1.82, 2.24) is 14.5 Å². The van der Waals surface area contributed by atoms with Gasteiger partial charge in [0.2, 0.25) is 0 Å². The first-order chi connectivity index (χ1) is 7.63. The van der Waals surface area contributed by atoms with E-state index in [1.54, 1.807) is 12.4 Å². The second-order valence-electron chi connectivity index (χ2n) is 3.59. The molecule has 16 heavy (non-hydrogen) atoms. The van der Waals surface area contributed by atoms with Gasteiger partial charge in [0.05, 0.1) is 16.4 Å². The zero-order valence-corrected chi connectivity index (χ0v) is 9.99. The maximum absolute atomic E-state index is 5.96. The monoisotopic (exact) mass is 236 g/mol. The Morgan fingerprint density at radius 1 is 1.38 bits per heavy atom. The number of nitrogens with two attached hydrogens (primary N) is 1. The molecule has 0 saturated carbocycles. The summed E-state index contributed by atoms with van der Waals surface area (Å²) in [6.45, 7) is 4.30. The Hall–Kier alpha value is -1.39. The molecule has 2 rings (SSSR count). The molecule has 0 unspecified atom stereocenters. The van der Waals surface area contributed by atoms with Crippen LogP contribution < -0.4 is 5.73 Å². The van der Waals surface area contributed by atoms with Gasteiger partial charge >= 0.3 is 0 Å². The fourth-order valence-electron chi connectivity index (χ4n) is 1.48. The molecule has 2 aromatic heterocycles. The lowest BCUT2D eigenvalue weighted by atomic mass is 10.3. The number of nitrogens with zero attached hydrogens (tertiary/aromatic N) is 3. The lowest BCUT2D eigenvalue weighted by molar-refractivity contribution is 0.905. The quantitative estimate of drug-likeness (QED) is 0.868. The SMILES string of the molecule is Cc1ncn(-c2ccc(Cl)c(CN)n2)c1C. The van der Waals surface area contributed by atoms with Gasteiger partial charge in [-0.1, -0.05) is 11.6 Å². The Bertz CT molecular complexity index is 519. The minimum Gasteiger partial charge on any atom is -0.325 e. The maximum Gasteiger partial charge on any atom is 0.138 e.